The molecular formula is C18H18N2O4. The molecule has 1 aliphatic heterocycles. The summed E-state index contributed by atoms with van der Waals surface area (Å²) in [7, 11) is 0. The zero-order valence-corrected chi connectivity index (χ0v) is 13.2. The molecule has 2 amide bonds. The molecular weight excluding hydrogens is 308 g/mol. The minimum absolute atomic E-state index is 0.0605. The molecule has 2 aromatic rings. The lowest BCUT2D eigenvalue weighted by Gasteiger charge is -2.10. The zero-order valence-electron chi connectivity index (χ0n) is 13.2. The largest absolute Gasteiger partial charge is 0.484 e. The fraction of sp³-hybridized carbons (Fsp3) is 0.222. The standard InChI is InChI=1S/C18H18N2O4/c1-12-2-8-15(9-3-12)23-11-17(21)20-14-6-4-13(5-7-14)16-10-19-18(22)24-16/h2-9,16H,10-11H2,1H3,(H,19,22)(H,20,21). The molecule has 2 N–H and O–H groups in total. The molecule has 1 fully saturated rings. The summed E-state index contributed by atoms with van der Waals surface area (Å²) in [6.07, 6.45) is -0.697. The number of hydrogen-bond acceptors (Lipinski definition) is 4. The fourth-order valence-corrected chi connectivity index (χ4v) is 2.34. The van der Waals surface area contributed by atoms with E-state index in [1.807, 2.05) is 43.3 Å². The molecule has 6 nitrogen and oxygen atoms in total. The van der Waals surface area contributed by atoms with Crippen molar-refractivity contribution < 1.29 is 19.1 Å². The molecule has 0 bridgehead atoms. The molecule has 0 radical (unpaired) electrons. The lowest BCUT2D eigenvalue weighted by atomic mass is 10.1. The maximum Gasteiger partial charge on any atom is 0.407 e. The van der Waals surface area contributed by atoms with Gasteiger partial charge in [0.15, 0.2) is 6.61 Å². The van der Waals surface area contributed by atoms with Gasteiger partial charge in [0, 0.05) is 5.69 Å². The van der Waals surface area contributed by atoms with Gasteiger partial charge in [-0.1, -0.05) is 29.8 Å². The van der Waals surface area contributed by atoms with Crippen LogP contribution in [0.1, 0.15) is 17.2 Å². The van der Waals surface area contributed by atoms with Gasteiger partial charge < -0.3 is 20.1 Å². The monoisotopic (exact) mass is 326 g/mol. The third-order valence-electron chi connectivity index (χ3n) is 3.64. The Balaban J connectivity index is 1.51. The number of ether oxygens (including phenoxy) is 2. The van der Waals surface area contributed by atoms with E-state index >= 15 is 0 Å². The highest BCUT2D eigenvalue weighted by Gasteiger charge is 2.23. The molecule has 1 saturated heterocycles. The molecule has 0 saturated carbocycles. The topological polar surface area (TPSA) is 76.7 Å². The van der Waals surface area contributed by atoms with Gasteiger partial charge >= 0.3 is 6.09 Å². The SMILES string of the molecule is Cc1ccc(OCC(=O)Nc2ccc(C3CNC(=O)O3)cc2)cc1. The minimum atomic E-state index is -0.411. The summed E-state index contributed by atoms with van der Waals surface area (Å²) >= 11 is 0. The van der Waals surface area contributed by atoms with E-state index < -0.39 is 6.09 Å². The van der Waals surface area contributed by atoms with Crippen LogP contribution in [0.15, 0.2) is 48.5 Å². The van der Waals surface area contributed by atoms with E-state index in [2.05, 4.69) is 10.6 Å². The molecule has 1 unspecified atom stereocenters. The molecule has 1 atom stereocenters. The molecule has 0 aromatic heterocycles. The van der Waals surface area contributed by atoms with Gasteiger partial charge in [-0.25, -0.2) is 4.79 Å². The van der Waals surface area contributed by atoms with Gasteiger partial charge in [-0.15, -0.1) is 0 Å². The number of aryl methyl sites for hydroxylation is 1. The van der Waals surface area contributed by atoms with Crippen molar-refractivity contribution in [3.8, 4) is 5.75 Å². The van der Waals surface area contributed by atoms with Crippen LogP contribution < -0.4 is 15.4 Å². The van der Waals surface area contributed by atoms with Crippen molar-refractivity contribution in [2.24, 2.45) is 0 Å². The van der Waals surface area contributed by atoms with E-state index in [1.54, 1.807) is 12.1 Å². The maximum absolute atomic E-state index is 11.9. The van der Waals surface area contributed by atoms with Crippen LogP contribution in [0.25, 0.3) is 0 Å². The number of cyclic esters (lactones) is 1. The Morgan fingerprint density at radius 3 is 2.54 bits per heavy atom. The highest BCUT2D eigenvalue weighted by molar-refractivity contribution is 5.91. The summed E-state index contributed by atoms with van der Waals surface area (Å²) in [5, 5.41) is 5.37. The van der Waals surface area contributed by atoms with E-state index in [9.17, 15) is 9.59 Å². The summed E-state index contributed by atoms with van der Waals surface area (Å²) in [4.78, 5) is 23.0. The first kappa shape index (κ1) is 15.9. The van der Waals surface area contributed by atoms with E-state index in [0.717, 1.165) is 11.1 Å². The number of carbonyl (C=O) groups excluding carboxylic acids is 2. The zero-order chi connectivity index (χ0) is 16.9. The van der Waals surface area contributed by atoms with Crippen molar-refractivity contribution in [3.63, 3.8) is 0 Å². The van der Waals surface area contributed by atoms with Crippen LogP contribution in [0.5, 0.6) is 5.75 Å². The Labute approximate surface area is 139 Å². The third kappa shape index (κ3) is 4.04. The van der Waals surface area contributed by atoms with Crippen molar-refractivity contribution >= 4 is 17.7 Å². The van der Waals surface area contributed by atoms with Crippen molar-refractivity contribution in [1.29, 1.82) is 0 Å². The second kappa shape index (κ2) is 7.04. The van der Waals surface area contributed by atoms with Crippen molar-refractivity contribution in [3.05, 3.63) is 59.7 Å². The molecule has 1 heterocycles. The third-order valence-corrected chi connectivity index (χ3v) is 3.64. The van der Waals surface area contributed by atoms with Crippen molar-refractivity contribution in [1.82, 2.24) is 5.32 Å². The number of hydrogen-bond donors (Lipinski definition) is 2. The lowest BCUT2D eigenvalue weighted by molar-refractivity contribution is -0.118. The average molecular weight is 326 g/mol. The van der Waals surface area contributed by atoms with Crippen molar-refractivity contribution in [2.75, 3.05) is 18.5 Å². The normalized spacial score (nSPS) is 16.2. The smallest absolute Gasteiger partial charge is 0.407 e. The number of carbonyl (C=O) groups is 2. The number of amides is 2. The number of rotatable bonds is 5. The van der Waals surface area contributed by atoms with Crippen LogP contribution in [-0.4, -0.2) is 25.2 Å². The van der Waals surface area contributed by atoms with Gasteiger partial charge in [0.25, 0.3) is 5.91 Å². The molecule has 2 aromatic carbocycles. The quantitative estimate of drug-likeness (QED) is 0.886. The van der Waals surface area contributed by atoms with Crippen molar-refractivity contribution in [2.45, 2.75) is 13.0 Å². The van der Waals surface area contributed by atoms with Gasteiger partial charge in [0.2, 0.25) is 0 Å². The number of anilines is 1. The van der Waals surface area contributed by atoms with Crippen LogP contribution >= 0.6 is 0 Å². The van der Waals surface area contributed by atoms with Gasteiger partial charge in [-0.05, 0) is 36.8 Å². The van der Waals surface area contributed by atoms with Crippen LogP contribution in [0.2, 0.25) is 0 Å². The summed E-state index contributed by atoms with van der Waals surface area (Å²) in [6.45, 7) is 2.38. The first-order valence-corrected chi connectivity index (χ1v) is 7.64. The first-order valence-electron chi connectivity index (χ1n) is 7.64. The Morgan fingerprint density at radius 1 is 1.21 bits per heavy atom. The molecule has 0 aliphatic carbocycles. The van der Waals surface area contributed by atoms with Crippen LogP contribution in [0.3, 0.4) is 0 Å². The fourth-order valence-electron chi connectivity index (χ4n) is 2.34. The Kier molecular flexibility index (Phi) is 4.65. The van der Waals surface area contributed by atoms with Gasteiger partial charge in [-0.2, -0.15) is 0 Å². The summed E-state index contributed by atoms with van der Waals surface area (Å²) in [6, 6.07) is 14.7. The van der Waals surface area contributed by atoms with Crippen LogP contribution in [0, 0.1) is 6.92 Å². The van der Waals surface area contributed by atoms with Gasteiger partial charge in [0.05, 0.1) is 6.54 Å². The highest BCUT2D eigenvalue weighted by atomic mass is 16.6. The van der Waals surface area contributed by atoms with E-state index in [-0.39, 0.29) is 18.6 Å². The summed E-state index contributed by atoms with van der Waals surface area (Å²) < 4.78 is 10.5. The van der Waals surface area contributed by atoms with Crippen LogP contribution in [0.4, 0.5) is 10.5 Å². The van der Waals surface area contributed by atoms with E-state index in [4.69, 9.17) is 9.47 Å². The Bertz CT molecular complexity index is 726. The molecule has 0 spiro atoms. The summed E-state index contributed by atoms with van der Waals surface area (Å²) in [5.74, 6) is 0.416. The number of alkyl carbamates (subject to hydrolysis) is 1. The predicted molar refractivity (Wildman–Crippen MR) is 89.0 cm³/mol. The predicted octanol–water partition coefficient (Wildman–Crippen LogP) is 2.79. The summed E-state index contributed by atoms with van der Waals surface area (Å²) in [5.41, 5.74) is 2.67. The van der Waals surface area contributed by atoms with Gasteiger partial charge in [0.1, 0.15) is 11.9 Å². The highest BCUT2D eigenvalue weighted by Crippen LogP contribution is 2.22. The molecule has 124 valence electrons. The Morgan fingerprint density at radius 2 is 1.92 bits per heavy atom. The molecule has 6 heteroatoms. The van der Waals surface area contributed by atoms with E-state index in [0.29, 0.717) is 18.0 Å². The molecule has 3 rings (SSSR count). The molecule has 24 heavy (non-hydrogen) atoms. The number of nitrogens with one attached hydrogen (secondary N) is 2. The minimum Gasteiger partial charge on any atom is -0.484 e. The van der Waals surface area contributed by atoms with E-state index in [1.165, 1.54) is 0 Å². The second-order valence-corrected chi connectivity index (χ2v) is 5.55. The lowest BCUT2D eigenvalue weighted by Crippen LogP contribution is -2.20. The number of benzene rings is 2. The molecule has 1 aliphatic rings. The van der Waals surface area contributed by atoms with Gasteiger partial charge in [-0.3, -0.25) is 4.79 Å². The average Bonchev–Trinajstić information content (AvgIpc) is 3.01. The first-order chi connectivity index (χ1) is 11.6. The second-order valence-electron chi connectivity index (χ2n) is 5.55. The Hall–Kier alpha value is -3.02. The maximum atomic E-state index is 11.9. The van der Waals surface area contributed by atoms with Crippen LogP contribution in [-0.2, 0) is 9.53 Å².